The molecule has 3 atom stereocenters. The SMILES string of the molecule is Cc1c(O)cc2c(c1C(=O)O)OC(C)(CCCC(C)CCCC(C)CCCC(C)C)CC2. The number of carboxylic acids is 1. The minimum atomic E-state index is -1.04. The number of aromatic hydroxyl groups is 1. The monoisotopic (exact) mass is 446 g/mol. The van der Waals surface area contributed by atoms with E-state index in [9.17, 15) is 15.0 Å². The van der Waals surface area contributed by atoms with E-state index in [1.165, 1.54) is 44.9 Å². The number of benzene rings is 1. The molecule has 3 unspecified atom stereocenters. The third kappa shape index (κ3) is 7.71. The summed E-state index contributed by atoms with van der Waals surface area (Å²) in [5.74, 6) is 1.83. The molecule has 1 aliphatic rings. The molecule has 0 saturated carbocycles. The molecule has 0 aromatic heterocycles. The van der Waals surface area contributed by atoms with Gasteiger partial charge in [-0.3, -0.25) is 0 Å². The first-order valence-corrected chi connectivity index (χ1v) is 12.8. The maximum atomic E-state index is 11.8. The summed E-state index contributed by atoms with van der Waals surface area (Å²) in [4.78, 5) is 11.8. The van der Waals surface area contributed by atoms with Crippen molar-refractivity contribution in [3.8, 4) is 11.5 Å². The fourth-order valence-electron chi connectivity index (χ4n) is 5.03. The van der Waals surface area contributed by atoms with Crippen molar-refractivity contribution in [2.75, 3.05) is 0 Å². The van der Waals surface area contributed by atoms with Crippen LogP contribution in [0, 0.1) is 24.7 Å². The zero-order valence-corrected chi connectivity index (χ0v) is 21.3. The van der Waals surface area contributed by atoms with Gasteiger partial charge in [-0.05, 0) is 68.9 Å². The van der Waals surface area contributed by atoms with Crippen molar-refractivity contribution < 1.29 is 19.7 Å². The summed E-state index contributed by atoms with van der Waals surface area (Å²) in [5, 5.41) is 19.8. The number of carbonyl (C=O) groups is 1. The molecule has 1 aliphatic heterocycles. The summed E-state index contributed by atoms with van der Waals surface area (Å²) in [7, 11) is 0. The van der Waals surface area contributed by atoms with Crippen LogP contribution in [0.4, 0.5) is 0 Å². The van der Waals surface area contributed by atoms with Gasteiger partial charge in [0.15, 0.2) is 0 Å². The number of phenolic OH excluding ortho intramolecular Hbond substituents is 1. The molecule has 32 heavy (non-hydrogen) atoms. The van der Waals surface area contributed by atoms with E-state index in [2.05, 4.69) is 34.6 Å². The van der Waals surface area contributed by atoms with Gasteiger partial charge in [-0.1, -0.05) is 72.6 Å². The number of hydrogen-bond acceptors (Lipinski definition) is 3. The van der Waals surface area contributed by atoms with Crippen LogP contribution in [0.15, 0.2) is 6.07 Å². The van der Waals surface area contributed by atoms with Crippen molar-refractivity contribution in [2.45, 2.75) is 118 Å². The highest BCUT2D eigenvalue weighted by Gasteiger charge is 2.35. The topological polar surface area (TPSA) is 66.8 Å². The summed E-state index contributed by atoms with van der Waals surface area (Å²) in [5.41, 5.74) is 0.957. The van der Waals surface area contributed by atoms with E-state index in [0.717, 1.165) is 43.1 Å². The van der Waals surface area contributed by atoms with Crippen molar-refractivity contribution in [1.82, 2.24) is 0 Å². The standard InChI is InChI=1S/C28H46O4/c1-19(2)10-7-11-20(3)12-8-13-21(4)14-9-16-28(6)17-15-23-18-24(29)22(5)25(27(30)31)26(23)32-28/h18-21,29H,7-17H2,1-6H3,(H,30,31). The van der Waals surface area contributed by atoms with Gasteiger partial charge in [-0.25, -0.2) is 4.79 Å². The smallest absolute Gasteiger partial charge is 0.339 e. The average molecular weight is 447 g/mol. The Morgan fingerprint density at radius 1 is 1.03 bits per heavy atom. The Morgan fingerprint density at radius 2 is 1.59 bits per heavy atom. The number of phenols is 1. The molecule has 0 bridgehead atoms. The summed E-state index contributed by atoms with van der Waals surface area (Å²) in [6.07, 6.45) is 12.8. The molecule has 0 amide bonds. The number of hydrogen-bond donors (Lipinski definition) is 2. The highest BCUT2D eigenvalue weighted by atomic mass is 16.5. The van der Waals surface area contributed by atoms with Crippen molar-refractivity contribution >= 4 is 5.97 Å². The molecule has 1 aromatic rings. The van der Waals surface area contributed by atoms with Crippen LogP contribution in [0.3, 0.4) is 0 Å². The van der Waals surface area contributed by atoms with Gasteiger partial charge in [0.25, 0.3) is 0 Å². The molecule has 2 rings (SSSR count). The Morgan fingerprint density at radius 3 is 2.16 bits per heavy atom. The molecule has 0 saturated heterocycles. The fourth-order valence-corrected chi connectivity index (χ4v) is 5.03. The van der Waals surface area contributed by atoms with Gasteiger partial charge >= 0.3 is 5.97 Å². The number of aryl methyl sites for hydroxylation is 1. The molecule has 182 valence electrons. The van der Waals surface area contributed by atoms with Gasteiger partial charge in [0.1, 0.15) is 22.7 Å². The van der Waals surface area contributed by atoms with Crippen molar-refractivity contribution in [3.05, 3.63) is 22.8 Å². The molecular formula is C28H46O4. The first-order valence-electron chi connectivity index (χ1n) is 12.8. The summed E-state index contributed by atoms with van der Waals surface area (Å²) >= 11 is 0. The Balaban J connectivity index is 1.78. The van der Waals surface area contributed by atoms with E-state index in [1.54, 1.807) is 13.0 Å². The predicted octanol–water partition coefficient (Wildman–Crippen LogP) is 7.92. The minimum Gasteiger partial charge on any atom is -0.508 e. The lowest BCUT2D eigenvalue weighted by molar-refractivity contribution is 0.0476. The molecule has 1 heterocycles. The molecule has 4 heteroatoms. The van der Waals surface area contributed by atoms with Crippen LogP contribution in [-0.2, 0) is 6.42 Å². The van der Waals surface area contributed by atoms with Gasteiger partial charge in [-0.2, -0.15) is 0 Å². The van der Waals surface area contributed by atoms with Crippen LogP contribution in [0.2, 0.25) is 0 Å². The maximum absolute atomic E-state index is 11.8. The predicted molar refractivity (Wildman–Crippen MR) is 132 cm³/mol. The molecule has 0 aliphatic carbocycles. The third-order valence-electron chi connectivity index (χ3n) is 7.35. The van der Waals surface area contributed by atoms with Gasteiger partial charge in [0, 0.05) is 5.56 Å². The Kier molecular flexibility index (Phi) is 9.91. The first kappa shape index (κ1) is 26.5. The van der Waals surface area contributed by atoms with Gasteiger partial charge < -0.3 is 14.9 Å². The van der Waals surface area contributed by atoms with E-state index in [0.29, 0.717) is 17.2 Å². The zero-order chi connectivity index (χ0) is 23.9. The maximum Gasteiger partial charge on any atom is 0.339 e. The second-order valence-electron chi connectivity index (χ2n) is 11.1. The van der Waals surface area contributed by atoms with E-state index in [1.807, 2.05) is 0 Å². The van der Waals surface area contributed by atoms with Crippen LogP contribution in [0.25, 0.3) is 0 Å². The fraction of sp³-hybridized carbons (Fsp3) is 0.750. The normalized spacial score (nSPS) is 20.0. The van der Waals surface area contributed by atoms with Crippen LogP contribution >= 0.6 is 0 Å². The Labute approximate surface area is 195 Å². The highest BCUT2D eigenvalue weighted by Crippen LogP contribution is 2.42. The number of ether oxygens (including phenoxy) is 1. The number of rotatable bonds is 13. The van der Waals surface area contributed by atoms with E-state index in [-0.39, 0.29) is 16.9 Å². The molecule has 2 N–H and O–H groups in total. The molecule has 0 fully saturated rings. The Bertz CT molecular complexity index is 754. The molecular weight excluding hydrogens is 400 g/mol. The average Bonchev–Trinajstić information content (AvgIpc) is 2.69. The summed E-state index contributed by atoms with van der Waals surface area (Å²) in [6.45, 7) is 13.1. The summed E-state index contributed by atoms with van der Waals surface area (Å²) < 4.78 is 6.30. The number of fused-ring (bicyclic) bond motifs is 1. The quantitative estimate of drug-likeness (QED) is 0.323. The van der Waals surface area contributed by atoms with Gasteiger partial charge in [0.05, 0.1) is 0 Å². The lowest BCUT2D eigenvalue weighted by Crippen LogP contribution is -2.37. The molecule has 0 spiro atoms. The number of aromatic carboxylic acids is 1. The second-order valence-corrected chi connectivity index (χ2v) is 11.1. The van der Waals surface area contributed by atoms with Crippen LogP contribution in [0.1, 0.15) is 120 Å². The van der Waals surface area contributed by atoms with E-state index < -0.39 is 5.97 Å². The first-order chi connectivity index (χ1) is 15.0. The Hall–Kier alpha value is -1.71. The third-order valence-corrected chi connectivity index (χ3v) is 7.35. The van der Waals surface area contributed by atoms with Crippen LogP contribution < -0.4 is 4.74 Å². The second kappa shape index (κ2) is 12.0. The zero-order valence-electron chi connectivity index (χ0n) is 21.3. The largest absolute Gasteiger partial charge is 0.508 e. The van der Waals surface area contributed by atoms with Crippen molar-refractivity contribution in [1.29, 1.82) is 0 Å². The van der Waals surface area contributed by atoms with Crippen LogP contribution in [-0.4, -0.2) is 21.8 Å². The lowest BCUT2D eigenvalue weighted by atomic mass is 9.85. The number of carboxylic acid groups (broad SMARTS) is 1. The van der Waals surface area contributed by atoms with Crippen molar-refractivity contribution in [3.63, 3.8) is 0 Å². The van der Waals surface area contributed by atoms with E-state index >= 15 is 0 Å². The van der Waals surface area contributed by atoms with Gasteiger partial charge in [0.2, 0.25) is 0 Å². The lowest BCUT2D eigenvalue weighted by Gasteiger charge is -2.37. The summed E-state index contributed by atoms with van der Waals surface area (Å²) in [6, 6.07) is 1.67. The van der Waals surface area contributed by atoms with Gasteiger partial charge in [-0.15, -0.1) is 0 Å². The minimum absolute atomic E-state index is 0.0384. The molecule has 4 nitrogen and oxygen atoms in total. The van der Waals surface area contributed by atoms with Crippen LogP contribution in [0.5, 0.6) is 11.5 Å². The molecule has 0 radical (unpaired) electrons. The highest BCUT2D eigenvalue weighted by molar-refractivity contribution is 5.94. The van der Waals surface area contributed by atoms with Crippen molar-refractivity contribution in [2.24, 2.45) is 17.8 Å². The molecule has 1 aromatic carbocycles. The van der Waals surface area contributed by atoms with E-state index in [4.69, 9.17) is 4.74 Å².